The minimum atomic E-state index is -2.75. The van der Waals surface area contributed by atoms with Gasteiger partial charge in [-0.3, -0.25) is 0 Å². The van der Waals surface area contributed by atoms with Gasteiger partial charge < -0.3 is 0 Å². The summed E-state index contributed by atoms with van der Waals surface area (Å²) in [5.74, 6) is 0.762. The third-order valence-corrected chi connectivity index (χ3v) is 21.2. The van der Waals surface area contributed by atoms with Crippen molar-refractivity contribution in [3.05, 3.63) is 10.7 Å². The number of hydrogen-bond acceptors (Lipinski definition) is 3. The van der Waals surface area contributed by atoms with Gasteiger partial charge in [-0.05, 0) is 0 Å². The molecule has 0 unspecified atom stereocenters. The molecule has 0 amide bonds. The summed E-state index contributed by atoms with van der Waals surface area (Å²) >= 11 is 3.90. The number of aromatic nitrogens is 2. The van der Waals surface area contributed by atoms with Crippen LogP contribution in [-0.2, 0) is 5.41 Å². The molecular formula is C21H39ClN2OSn. The van der Waals surface area contributed by atoms with Gasteiger partial charge in [0.25, 0.3) is 0 Å². The molecule has 0 saturated carbocycles. The van der Waals surface area contributed by atoms with Crippen LogP contribution in [0.4, 0.5) is 0 Å². The van der Waals surface area contributed by atoms with E-state index in [1.54, 1.807) is 7.11 Å². The van der Waals surface area contributed by atoms with Crippen LogP contribution in [0.1, 0.15) is 85.6 Å². The average Bonchev–Trinajstić information content (AvgIpc) is 2.60. The van der Waals surface area contributed by atoms with E-state index in [0.717, 1.165) is 5.88 Å². The van der Waals surface area contributed by atoms with Crippen molar-refractivity contribution in [1.82, 2.24) is 10.2 Å². The molecule has 0 saturated heterocycles. The third-order valence-electron chi connectivity index (χ3n) is 5.40. The second-order valence-corrected chi connectivity index (χ2v) is 22.0. The van der Waals surface area contributed by atoms with Crippen LogP contribution in [0.2, 0.25) is 18.5 Å². The molecule has 1 aromatic rings. The molecule has 0 bridgehead atoms. The van der Waals surface area contributed by atoms with Crippen LogP contribution >= 0.6 is 11.6 Å². The Hall–Kier alpha value is -0.0313. The van der Waals surface area contributed by atoms with Crippen LogP contribution in [0.3, 0.4) is 0 Å². The molecule has 26 heavy (non-hydrogen) atoms. The number of rotatable bonds is 11. The standard InChI is InChI=1S/C9H12ClN2O.3C4H9.Sn/c1-9(2,3)6-5-7(13-4)11-12-8(6)10;3*1-3-4-2;/h1-4H3;3*1,3-4H2,2H3;. The van der Waals surface area contributed by atoms with Crippen molar-refractivity contribution in [2.75, 3.05) is 7.11 Å². The van der Waals surface area contributed by atoms with Crippen molar-refractivity contribution in [3.8, 4) is 5.88 Å². The van der Waals surface area contributed by atoms with E-state index in [1.807, 2.05) is 0 Å². The van der Waals surface area contributed by atoms with E-state index in [-0.39, 0.29) is 5.41 Å². The Kier molecular flexibility index (Phi) is 10.2. The Labute approximate surface area is 170 Å². The number of nitrogens with zero attached hydrogens (tertiary/aromatic N) is 2. The summed E-state index contributed by atoms with van der Waals surface area (Å²) in [4.78, 5) is 0. The van der Waals surface area contributed by atoms with Gasteiger partial charge in [-0.25, -0.2) is 0 Å². The summed E-state index contributed by atoms with van der Waals surface area (Å²) in [6.45, 7) is 13.6. The fraction of sp³-hybridized carbons (Fsp3) is 0.810. The quantitative estimate of drug-likeness (QED) is 0.333. The van der Waals surface area contributed by atoms with Gasteiger partial charge in [0.1, 0.15) is 0 Å². The minimum absolute atomic E-state index is 0.0531. The molecule has 5 heteroatoms. The van der Waals surface area contributed by atoms with E-state index in [9.17, 15) is 0 Å². The molecule has 0 atom stereocenters. The monoisotopic (exact) mass is 490 g/mol. The molecule has 1 rings (SSSR count). The zero-order chi connectivity index (χ0) is 19.8. The van der Waals surface area contributed by atoms with Crippen LogP contribution < -0.4 is 8.32 Å². The number of hydrogen-bond donors (Lipinski definition) is 0. The van der Waals surface area contributed by atoms with Crippen molar-refractivity contribution in [3.63, 3.8) is 0 Å². The van der Waals surface area contributed by atoms with E-state index in [4.69, 9.17) is 16.3 Å². The molecule has 0 N–H and O–H groups in total. The van der Waals surface area contributed by atoms with Crippen molar-refractivity contribution in [2.24, 2.45) is 0 Å². The Morgan fingerprint density at radius 3 is 1.69 bits per heavy atom. The maximum absolute atomic E-state index is 6.66. The molecule has 0 aliphatic rings. The Morgan fingerprint density at radius 2 is 1.35 bits per heavy atom. The fourth-order valence-electron chi connectivity index (χ4n) is 4.01. The first-order valence-electron chi connectivity index (χ1n) is 10.4. The first-order chi connectivity index (χ1) is 12.3. The molecular weight excluding hydrogens is 450 g/mol. The molecule has 3 nitrogen and oxygen atoms in total. The van der Waals surface area contributed by atoms with Gasteiger partial charge in [0.05, 0.1) is 0 Å². The van der Waals surface area contributed by atoms with Gasteiger partial charge in [-0.1, -0.05) is 0 Å². The van der Waals surface area contributed by atoms with Crippen LogP contribution in [0.15, 0.2) is 0 Å². The predicted molar refractivity (Wildman–Crippen MR) is 117 cm³/mol. The van der Waals surface area contributed by atoms with E-state index >= 15 is 0 Å². The topological polar surface area (TPSA) is 35.0 Å². The van der Waals surface area contributed by atoms with E-state index in [0.29, 0.717) is 5.15 Å². The van der Waals surface area contributed by atoms with Crippen molar-refractivity contribution in [2.45, 2.75) is 98.8 Å². The van der Waals surface area contributed by atoms with Gasteiger partial charge in [0.15, 0.2) is 0 Å². The molecule has 0 fully saturated rings. The first-order valence-corrected chi connectivity index (χ1v) is 18.2. The average molecular weight is 490 g/mol. The zero-order valence-electron chi connectivity index (χ0n) is 18.0. The SMILES string of the molecule is CCC[CH2][Sn]([CH2]CCC)([CH2]CCC)[c]1c(OC)nnc(Cl)c1C(C)(C)C. The molecule has 0 aliphatic carbocycles. The molecule has 1 aromatic heterocycles. The number of unbranched alkanes of at least 4 members (excludes halogenated alkanes) is 3. The summed E-state index contributed by atoms with van der Waals surface area (Å²) in [5, 5.41) is 9.25. The maximum atomic E-state index is 6.66. The Morgan fingerprint density at radius 1 is 0.885 bits per heavy atom. The second kappa shape index (κ2) is 11.1. The normalized spacial score (nSPS) is 12.5. The van der Waals surface area contributed by atoms with Crippen molar-refractivity contribution in [1.29, 1.82) is 0 Å². The summed E-state index contributed by atoms with van der Waals surface area (Å²) in [6, 6.07) is 0. The van der Waals surface area contributed by atoms with Crippen molar-refractivity contribution >= 4 is 33.6 Å². The van der Waals surface area contributed by atoms with Gasteiger partial charge >= 0.3 is 171 Å². The number of halogens is 1. The van der Waals surface area contributed by atoms with Crippen molar-refractivity contribution < 1.29 is 4.74 Å². The molecule has 150 valence electrons. The first kappa shape index (κ1) is 24.0. The van der Waals surface area contributed by atoms with Crippen LogP contribution in [-0.4, -0.2) is 35.7 Å². The van der Waals surface area contributed by atoms with E-state index in [1.165, 1.54) is 61.0 Å². The van der Waals surface area contributed by atoms with Crippen LogP contribution in [0.5, 0.6) is 5.88 Å². The van der Waals surface area contributed by atoms with Gasteiger partial charge in [-0.15, -0.1) is 0 Å². The van der Waals surface area contributed by atoms with Crippen LogP contribution in [0.25, 0.3) is 0 Å². The second-order valence-electron chi connectivity index (χ2n) is 8.59. The fourth-order valence-corrected chi connectivity index (χ4v) is 22.4. The van der Waals surface area contributed by atoms with Gasteiger partial charge in [0, 0.05) is 0 Å². The van der Waals surface area contributed by atoms with E-state index < -0.39 is 18.4 Å². The third kappa shape index (κ3) is 5.98. The molecule has 0 aromatic carbocycles. The predicted octanol–water partition coefficient (Wildman–Crippen LogP) is 6.49. The molecule has 0 spiro atoms. The molecule has 0 radical (unpaired) electrons. The molecule has 0 aliphatic heterocycles. The van der Waals surface area contributed by atoms with Gasteiger partial charge in [-0.2, -0.15) is 0 Å². The number of ether oxygens (including phenoxy) is 1. The van der Waals surface area contributed by atoms with Crippen LogP contribution in [0, 0.1) is 0 Å². The van der Waals surface area contributed by atoms with E-state index in [2.05, 4.69) is 51.7 Å². The Balaban J connectivity index is 3.72. The summed E-state index contributed by atoms with van der Waals surface area (Å²) < 4.78 is 11.3. The summed E-state index contributed by atoms with van der Waals surface area (Å²) in [6.07, 6.45) is 7.64. The summed E-state index contributed by atoms with van der Waals surface area (Å²) in [7, 11) is 1.74. The zero-order valence-corrected chi connectivity index (χ0v) is 21.7. The van der Waals surface area contributed by atoms with Gasteiger partial charge in [0.2, 0.25) is 0 Å². The Bertz CT molecular complexity index is 536. The summed E-state index contributed by atoms with van der Waals surface area (Å²) in [5.41, 5.74) is 1.16. The molecule has 1 heterocycles. The number of methoxy groups -OCH3 is 1.